The largest absolute Gasteiger partial charge is 0.453 e. The molecule has 1 spiro atoms. The van der Waals surface area contributed by atoms with Gasteiger partial charge in [-0.3, -0.25) is 9.59 Å². The summed E-state index contributed by atoms with van der Waals surface area (Å²) in [6, 6.07) is 12.8. The number of alkyl halides is 2. The second-order valence-corrected chi connectivity index (χ2v) is 22.0. The topological polar surface area (TPSA) is 209 Å². The summed E-state index contributed by atoms with van der Waals surface area (Å²) in [7, 11) is -1.00. The molecule has 16 nitrogen and oxygen atoms in total. The van der Waals surface area contributed by atoms with E-state index in [4.69, 9.17) is 14.5 Å². The average Bonchev–Trinajstić information content (AvgIpc) is 3.97. The van der Waals surface area contributed by atoms with Crippen molar-refractivity contribution in [3.05, 3.63) is 83.6 Å². The Bertz CT molecular complexity index is 2990. The van der Waals surface area contributed by atoms with Crippen molar-refractivity contribution in [3.63, 3.8) is 0 Å². The van der Waals surface area contributed by atoms with E-state index in [1.807, 2.05) is 38.1 Å². The maximum absolute atomic E-state index is 16.7. The molecule has 10 rings (SSSR count). The maximum atomic E-state index is 16.7. The number of H-pyrrole nitrogens is 2. The number of rotatable bonds is 12. The third kappa shape index (κ3) is 8.04. The van der Waals surface area contributed by atoms with Crippen LogP contribution in [0.25, 0.3) is 44.5 Å². The van der Waals surface area contributed by atoms with Crippen molar-refractivity contribution in [2.24, 2.45) is 17.3 Å². The lowest BCUT2D eigenvalue weighted by Gasteiger charge is -2.36. The number of halogens is 2. The molecule has 5 aromatic rings. The van der Waals surface area contributed by atoms with Crippen molar-refractivity contribution in [1.82, 2.24) is 40.4 Å². The molecule has 4 amide bonds. The SMILES string of the molecule is COC(=O)N[C@@H](CCS(C)(=O)=O)C(=O)N1C(c2nc3ccc(-c4ccc5c(c4)C(F)(F)c4cc(-c6cnc([C@@H]7CC8(CC8)CN7C(=O)[C@@H](NC(=O)OC)C(C)C)[nH]6)ccc4-5)cc3[nH]2)[C@H]2CC[C@@H]1C2. The van der Waals surface area contributed by atoms with Gasteiger partial charge < -0.3 is 39.9 Å². The van der Waals surface area contributed by atoms with Gasteiger partial charge in [0, 0.05) is 35.5 Å². The van der Waals surface area contributed by atoms with E-state index in [0.717, 1.165) is 38.4 Å². The third-order valence-electron chi connectivity index (χ3n) is 14.9. The van der Waals surface area contributed by atoms with Crippen molar-refractivity contribution >= 4 is 44.9 Å². The molecule has 5 aliphatic rings. The zero-order valence-electron chi connectivity index (χ0n) is 38.4. The monoisotopic (exact) mass is 952 g/mol. The van der Waals surface area contributed by atoms with Gasteiger partial charge in [-0.1, -0.05) is 44.2 Å². The lowest BCUT2D eigenvalue weighted by Crippen LogP contribution is -2.52. The minimum atomic E-state index is -3.43. The standard InChI is InChI=1S/C49H54F2N8O8S/c1-25(2)40(57-47(63)67-4)45(61)58-24-48(15-16-48)22-39(58)42-52-23-38(55-42)28-8-12-32-31-11-7-26(19-33(31)49(50,51)34(32)20-28)27-9-13-35-37(21-27)54-43(53-35)41-29-6-10-30(18-29)59(41)44(60)36(56-46(62)66-3)14-17-68(5,64)65/h7-9,11-13,19-21,23,25,29-30,36,39-41H,6,10,14-18,22,24H2,1-5H3,(H,52,55)(H,53,54)(H,56,62)(H,57,63)/t29-,30+,36-,39-,40-,41?/m0/s1. The first-order valence-corrected chi connectivity index (χ1v) is 25.1. The minimum Gasteiger partial charge on any atom is -0.453 e. The number of piperidine rings is 1. The molecule has 2 saturated carbocycles. The number of hydrogen-bond acceptors (Lipinski definition) is 10. The van der Waals surface area contributed by atoms with Crippen LogP contribution < -0.4 is 10.6 Å². The van der Waals surface area contributed by atoms with Crippen molar-refractivity contribution < 1.29 is 45.9 Å². The van der Waals surface area contributed by atoms with E-state index in [9.17, 15) is 27.6 Å². The average molecular weight is 953 g/mol. The molecule has 1 unspecified atom stereocenters. The lowest BCUT2D eigenvalue weighted by atomic mass is 9.97. The Morgan fingerprint density at radius 2 is 1.53 bits per heavy atom. The highest BCUT2D eigenvalue weighted by Crippen LogP contribution is 2.59. The molecule has 6 atom stereocenters. The molecule has 4 fully saturated rings. The first kappa shape index (κ1) is 45.4. The summed E-state index contributed by atoms with van der Waals surface area (Å²) < 4.78 is 67.1. The number of carbonyl (C=O) groups is 4. The Morgan fingerprint density at radius 3 is 2.21 bits per heavy atom. The number of hydrogen-bond donors (Lipinski definition) is 4. The molecule has 19 heteroatoms. The molecular weight excluding hydrogens is 899 g/mol. The van der Waals surface area contributed by atoms with Gasteiger partial charge in [-0.25, -0.2) is 28.0 Å². The first-order valence-electron chi connectivity index (χ1n) is 23.1. The van der Waals surface area contributed by atoms with Gasteiger partial charge >= 0.3 is 12.2 Å². The fourth-order valence-corrected chi connectivity index (χ4v) is 11.8. The normalized spacial score (nSPS) is 22.6. The summed E-state index contributed by atoms with van der Waals surface area (Å²) in [6.07, 6.45) is 6.13. The van der Waals surface area contributed by atoms with E-state index >= 15 is 8.78 Å². The van der Waals surface area contributed by atoms with E-state index in [1.54, 1.807) is 34.2 Å². The predicted octanol–water partition coefficient (Wildman–Crippen LogP) is 7.39. The number of aromatic amines is 2. The number of carbonyl (C=O) groups excluding carboxylic acids is 4. The number of imidazole rings is 2. The van der Waals surface area contributed by atoms with Crippen LogP contribution in [-0.4, -0.2) is 113 Å². The van der Waals surface area contributed by atoms with Crippen molar-refractivity contribution in [2.45, 2.75) is 94.9 Å². The summed E-state index contributed by atoms with van der Waals surface area (Å²) in [5.74, 6) is -3.23. The number of fused-ring (bicyclic) bond motifs is 6. The molecule has 2 aliphatic heterocycles. The van der Waals surface area contributed by atoms with Gasteiger partial charge in [0.25, 0.3) is 5.92 Å². The Hall–Kier alpha value is -6.37. The summed E-state index contributed by atoms with van der Waals surface area (Å²) in [5.41, 5.74) is 4.24. The number of alkyl carbamates (subject to hydrolysis) is 2. The van der Waals surface area contributed by atoms with Crippen LogP contribution in [-0.2, 0) is 34.8 Å². The smallest absolute Gasteiger partial charge is 0.407 e. The molecule has 2 aromatic heterocycles. The molecule has 4 N–H and O–H groups in total. The van der Waals surface area contributed by atoms with E-state index in [2.05, 4.69) is 25.6 Å². The van der Waals surface area contributed by atoms with Crippen LogP contribution >= 0.6 is 0 Å². The minimum absolute atomic E-state index is 0.00556. The number of amides is 4. The van der Waals surface area contributed by atoms with Gasteiger partial charge in [0.2, 0.25) is 11.8 Å². The highest BCUT2D eigenvalue weighted by Gasteiger charge is 2.56. The number of likely N-dealkylation sites (tertiary alicyclic amines) is 2. The predicted molar refractivity (Wildman–Crippen MR) is 247 cm³/mol. The van der Waals surface area contributed by atoms with Crippen molar-refractivity contribution in [3.8, 4) is 33.5 Å². The van der Waals surface area contributed by atoms with Crippen LogP contribution in [0, 0.1) is 17.3 Å². The van der Waals surface area contributed by atoms with Gasteiger partial charge in [0.15, 0.2) is 0 Å². The number of nitrogens with one attached hydrogen (secondary N) is 4. The second kappa shape index (κ2) is 16.7. The summed E-state index contributed by atoms with van der Waals surface area (Å²) >= 11 is 0. The number of ether oxygens (including phenoxy) is 2. The van der Waals surface area contributed by atoms with E-state index in [-0.39, 0.29) is 58.5 Å². The number of methoxy groups -OCH3 is 2. The molecule has 3 aliphatic carbocycles. The van der Waals surface area contributed by atoms with E-state index < -0.39 is 52.0 Å². The zero-order valence-corrected chi connectivity index (χ0v) is 39.2. The van der Waals surface area contributed by atoms with Gasteiger partial charge in [0.05, 0.1) is 55.0 Å². The Morgan fingerprint density at radius 1 is 0.868 bits per heavy atom. The Balaban J connectivity index is 0.890. The van der Waals surface area contributed by atoms with E-state index in [0.29, 0.717) is 69.2 Å². The van der Waals surface area contributed by atoms with E-state index in [1.165, 1.54) is 26.4 Å². The van der Waals surface area contributed by atoms with Crippen LogP contribution in [0.4, 0.5) is 18.4 Å². The fraction of sp³-hybridized carbons (Fsp3) is 0.469. The molecular formula is C49H54F2N8O8S. The second-order valence-electron chi connectivity index (χ2n) is 19.7. The molecule has 358 valence electrons. The molecule has 4 heterocycles. The van der Waals surface area contributed by atoms with Crippen molar-refractivity contribution in [2.75, 3.05) is 32.8 Å². The van der Waals surface area contributed by atoms with Crippen LogP contribution in [0.3, 0.4) is 0 Å². The van der Waals surface area contributed by atoms with Gasteiger partial charge in [-0.15, -0.1) is 0 Å². The highest BCUT2D eigenvalue weighted by atomic mass is 32.2. The fourth-order valence-electron chi connectivity index (χ4n) is 11.1. The number of aromatic nitrogens is 4. The number of benzene rings is 3. The number of nitrogens with zero attached hydrogens (tertiary/aromatic N) is 4. The Kier molecular flexibility index (Phi) is 11.2. The van der Waals surface area contributed by atoms with Gasteiger partial charge in [0.1, 0.15) is 33.6 Å². The molecule has 2 saturated heterocycles. The van der Waals surface area contributed by atoms with Crippen LogP contribution in [0.2, 0.25) is 0 Å². The zero-order chi connectivity index (χ0) is 48.0. The molecule has 68 heavy (non-hydrogen) atoms. The summed E-state index contributed by atoms with van der Waals surface area (Å²) in [4.78, 5) is 72.4. The quantitative estimate of drug-likeness (QED) is 0.0975. The maximum Gasteiger partial charge on any atom is 0.407 e. The lowest BCUT2D eigenvalue weighted by molar-refractivity contribution is -0.138. The van der Waals surface area contributed by atoms with Crippen molar-refractivity contribution in [1.29, 1.82) is 0 Å². The molecule has 0 radical (unpaired) electrons. The Labute approximate surface area is 391 Å². The van der Waals surface area contributed by atoms with Crippen LogP contribution in [0.15, 0.2) is 60.8 Å². The van der Waals surface area contributed by atoms with Gasteiger partial charge in [-0.05, 0) is 109 Å². The molecule has 3 aromatic carbocycles. The van der Waals surface area contributed by atoms with Gasteiger partial charge in [-0.2, -0.15) is 8.78 Å². The summed E-state index contributed by atoms with van der Waals surface area (Å²) in [6.45, 7) is 4.27. The third-order valence-corrected chi connectivity index (χ3v) is 15.9. The molecule has 2 bridgehead atoms. The number of sulfone groups is 1. The first-order chi connectivity index (χ1) is 32.4. The highest BCUT2D eigenvalue weighted by molar-refractivity contribution is 7.90. The van der Waals surface area contributed by atoms with Crippen LogP contribution in [0.1, 0.15) is 93.7 Å². The van der Waals surface area contributed by atoms with Crippen LogP contribution in [0.5, 0.6) is 0 Å². The summed E-state index contributed by atoms with van der Waals surface area (Å²) in [5, 5.41) is 5.23.